The number of fused-ring (bicyclic) bond motifs is 1. The van der Waals surface area contributed by atoms with Gasteiger partial charge in [0.1, 0.15) is 0 Å². The third kappa shape index (κ3) is 5.65. The van der Waals surface area contributed by atoms with Crippen LogP contribution in [0.25, 0.3) is 0 Å². The molecule has 1 amide bonds. The van der Waals surface area contributed by atoms with E-state index >= 15 is 0 Å². The van der Waals surface area contributed by atoms with E-state index in [4.69, 9.17) is 0 Å². The second-order valence-electron chi connectivity index (χ2n) is 12.4. The standard InChI is InChI=1S/C29H47NO3/c1-19(14-16-30(7)27(33)28(3,4)5)24-12-13-25-21(9-8-15-29(24,25)6)10-11-22-17-23(31)18-26(32)20(22)2/h10-11,19,23-26,31-32H,2,8-9,12-18H2,1,3-7H3/b21-10+,22-11-/t19-,23-,24-,25+,26+,29-/m1/s1. The molecule has 3 aliphatic rings. The Bertz CT molecular complexity index is 804. The smallest absolute Gasteiger partial charge is 0.227 e. The van der Waals surface area contributed by atoms with Crippen molar-refractivity contribution in [3.8, 4) is 0 Å². The van der Waals surface area contributed by atoms with Crippen molar-refractivity contribution in [2.45, 2.75) is 98.2 Å². The van der Waals surface area contributed by atoms with Gasteiger partial charge in [0.15, 0.2) is 0 Å². The van der Waals surface area contributed by atoms with Crippen LogP contribution in [0.15, 0.2) is 35.5 Å². The third-order valence-electron chi connectivity index (χ3n) is 8.90. The maximum absolute atomic E-state index is 12.6. The van der Waals surface area contributed by atoms with Crippen LogP contribution >= 0.6 is 0 Å². The Kier molecular flexibility index (Phi) is 8.01. The number of carbonyl (C=O) groups is 1. The molecule has 0 aliphatic heterocycles. The zero-order valence-electron chi connectivity index (χ0n) is 21.9. The van der Waals surface area contributed by atoms with Gasteiger partial charge >= 0.3 is 0 Å². The minimum atomic E-state index is -0.630. The molecule has 3 rings (SSSR count). The molecule has 3 aliphatic carbocycles. The van der Waals surface area contributed by atoms with Gasteiger partial charge in [0, 0.05) is 25.4 Å². The fourth-order valence-electron chi connectivity index (χ4n) is 6.95. The summed E-state index contributed by atoms with van der Waals surface area (Å²) in [4.78, 5) is 14.5. The van der Waals surface area contributed by atoms with Crippen molar-refractivity contribution in [1.82, 2.24) is 4.90 Å². The summed E-state index contributed by atoms with van der Waals surface area (Å²) in [6.45, 7) is 15.8. The molecule has 0 spiro atoms. The Morgan fingerprint density at radius 2 is 1.97 bits per heavy atom. The highest BCUT2D eigenvalue weighted by Gasteiger charge is 2.50. The van der Waals surface area contributed by atoms with Crippen LogP contribution in [0, 0.1) is 28.6 Å². The highest BCUT2D eigenvalue weighted by Crippen LogP contribution is 2.59. The van der Waals surface area contributed by atoms with Gasteiger partial charge < -0.3 is 15.1 Å². The van der Waals surface area contributed by atoms with E-state index in [1.54, 1.807) is 0 Å². The van der Waals surface area contributed by atoms with Gasteiger partial charge in [0.25, 0.3) is 0 Å². The van der Waals surface area contributed by atoms with Gasteiger partial charge in [-0.15, -0.1) is 0 Å². The summed E-state index contributed by atoms with van der Waals surface area (Å²) < 4.78 is 0. The fraction of sp³-hybridized carbons (Fsp3) is 0.759. The summed E-state index contributed by atoms with van der Waals surface area (Å²) in [5.41, 5.74) is 3.29. The van der Waals surface area contributed by atoms with Crippen LogP contribution in [0.3, 0.4) is 0 Å². The molecule has 6 atom stereocenters. The van der Waals surface area contributed by atoms with E-state index in [1.165, 1.54) is 31.3 Å². The van der Waals surface area contributed by atoms with Crippen molar-refractivity contribution in [2.75, 3.05) is 13.6 Å². The van der Waals surface area contributed by atoms with Gasteiger partial charge in [-0.1, -0.05) is 58.9 Å². The van der Waals surface area contributed by atoms with Gasteiger partial charge in [0.2, 0.25) is 5.91 Å². The van der Waals surface area contributed by atoms with Gasteiger partial charge in [-0.05, 0) is 79.3 Å². The van der Waals surface area contributed by atoms with E-state index in [-0.39, 0.29) is 11.3 Å². The van der Waals surface area contributed by atoms with Gasteiger partial charge in [-0.2, -0.15) is 0 Å². The molecule has 186 valence electrons. The monoisotopic (exact) mass is 457 g/mol. The summed E-state index contributed by atoms with van der Waals surface area (Å²) in [6, 6.07) is 0. The maximum Gasteiger partial charge on any atom is 0.227 e. The molecule has 3 fully saturated rings. The first-order valence-corrected chi connectivity index (χ1v) is 13.0. The zero-order valence-corrected chi connectivity index (χ0v) is 21.9. The quantitative estimate of drug-likeness (QED) is 0.560. The average molecular weight is 458 g/mol. The van der Waals surface area contributed by atoms with Crippen molar-refractivity contribution in [3.05, 3.63) is 35.5 Å². The number of rotatable bonds is 5. The molecule has 0 bridgehead atoms. The predicted molar refractivity (Wildman–Crippen MR) is 136 cm³/mol. The molecular weight excluding hydrogens is 410 g/mol. The Hall–Kier alpha value is -1.39. The first-order chi connectivity index (χ1) is 15.3. The second-order valence-corrected chi connectivity index (χ2v) is 12.4. The normalized spacial score (nSPS) is 36.2. The van der Waals surface area contributed by atoms with Crippen LogP contribution in [-0.2, 0) is 4.79 Å². The summed E-state index contributed by atoms with van der Waals surface area (Å²) in [7, 11) is 1.95. The van der Waals surface area contributed by atoms with Gasteiger partial charge in [-0.3, -0.25) is 4.79 Å². The molecule has 0 unspecified atom stereocenters. The molecule has 4 nitrogen and oxygen atoms in total. The van der Waals surface area contributed by atoms with E-state index in [0.717, 1.165) is 30.5 Å². The highest BCUT2D eigenvalue weighted by atomic mass is 16.3. The molecule has 4 heteroatoms. The molecule has 0 radical (unpaired) electrons. The van der Waals surface area contributed by atoms with E-state index in [0.29, 0.717) is 36.0 Å². The highest BCUT2D eigenvalue weighted by molar-refractivity contribution is 5.81. The third-order valence-corrected chi connectivity index (χ3v) is 8.90. The molecule has 0 heterocycles. The number of amides is 1. The van der Waals surface area contributed by atoms with Gasteiger partial charge in [-0.25, -0.2) is 0 Å². The Balaban J connectivity index is 1.69. The summed E-state index contributed by atoms with van der Waals surface area (Å²) in [5, 5.41) is 20.2. The lowest BCUT2D eigenvalue weighted by atomic mass is 9.61. The molecule has 0 aromatic heterocycles. The number of aliphatic hydroxyl groups excluding tert-OH is 2. The summed E-state index contributed by atoms with van der Waals surface area (Å²) >= 11 is 0. The van der Waals surface area contributed by atoms with Crippen molar-refractivity contribution in [2.24, 2.45) is 28.6 Å². The zero-order chi connectivity index (χ0) is 24.6. The summed E-state index contributed by atoms with van der Waals surface area (Å²) in [6.07, 6.45) is 11.5. The van der Waals surface area contributed by atoms with E-state index in [2.05, 4.69) is 32.6 Å². The van der Waals surface area contributed by atoms with E-state index in [9.17, 15) is 15.0 Å². The molecular formula is C29H47NO3. The minimum Gasteiger partial charge on any atom is -0.393 e. The lowest BCUT2D eigenvalue weighted by molar-refractivity contribution is -0.138. The Labute approximate surface area is 201 Å². The minimum absolute atomic E-state index is 0.223. The Morgan fingerprint density at radius 1 is 1.27 bits per heavy atom. The predicted octanol–water partition coefficient (Wildman–Crippen LogP) is 5.66. The van der Waals surface area contributed by atoms with E-state index < -0.39 is 12.2 Å². The number of hydrogen-bond acceptors (Lipinski definition) is 3. The molecule has 2 N–H and O–H groups in total. The van der Waals surface area contributed by atoms with Crippen LogP contribution in [0.4, 0.5) is 0 Å². The first-order valence-electron chi connectivity index (χ1n) is 13.0. The van der Waals surface area contributed by atoms with Gasteiger partial charge in [0.05, 0.1) is 12.2 Å². The SMILES string of the molecule is C=C1/C(=C\C=C2/CCC[C@]3(C)[C@@H]([C@H](C)CCN(C)C(=O)C(C)(C)C)CC[C@@H]23)C[C@@H](O)C[C@@H]1O. The van der Waals surface area contributed by atoms with Crippen LogP contribution in [0.1, 0.15) is 86.0 Å². The average Bonchev–Trinajstić information content (AvgIpc) is 3.09. The number of carbonyl (C=O) groups excluding carboxylic acids is 1. The first kappa shape index (κ1) is 26.2. The molecule has 0 aromatic carbocycles. The molecule has 3 saturated carbocycles. The maximum atomic E-state index is 12.6. The lowest BCUT2D eigenvalue weighted by Gasteiger charge is -2.44. The molecule has 33 heavy (non-hydrogen) atoms. The number of nitrogens with zero attached hydrogens (tertiary/aromatic N) is 1. The second kappa shape index (κ2) is 10.1. The number of allylic oxidation sites excluding steroid dienone is 3. The number of aliphatic hydroxyl groups is 2. The van der Waals surface area contributed by atoms with Crippen molar-refractivity contribution in [3.63, 3.8) is 0 Å². The lowest BCUT2D eigenvalue weighted by Crippen LogP contribution is -2.39. The Morgan fingerprint density at radius 3 is 2.64 bits per heavy atom. The van der Waals surface area contributed by atoms with Crippen LogP contribution < -0.4 is 0 Å². The van der Waals surface area contributed by atoms with E-state index in [1.807, 2.05) is 32.7 Å². The number of hydrogen-bond donors (Lipinski definition) is 2. The van der Waals surface area contributed by atoms with Crippen LogP contribution in [0.5, 0.6) is 0 Å². The molecule has 0 saturated heterocycles. The topological polar surface area (TPSA) is 60.8 Å². The van der Waals surface area contributed by atoms with Crippen molar-refractivity contribution < 1.29 is 15.0 Å². The fourth-order valence-corrected chi connectivity index (χ4v) is 6.95. The largest absolute Gasteiger partial charge is 0.393 e. The van der Waals surface area contributed by atoms with Crippen LogP contribution in [0.2, 0.25) is 0 Å². The summed E-state index contributed by atoms with van der Waals surface area (Å²) in [5.74, 6) is 2.11. The molecule has 0 aromatic rings. The van der Waals surface area contributed by atoms with Crippen molar-refractivity contribution in [1.29, 1.82) is 0 Å². The van der Waals surface area contributed by atoms with Crippen molar-refractivity contribution >= 4 is 5.91 Å². The van der Waals surface area contributed by atoms with Crippen LogP contribution in [-0.4, -0.2) is 46.8 Å².